The monoisotopic (exact) mass is 453 g/mol. The van der Waals surface area contributed by atoms with Gasteiger partial charge in [-0.2, -0.15) is 0 Å². The molecule has 2 aromatic heterocycles. The summed E-state index contributed by atoms with van der Waals surface area (Å²) < 4.78 is 2.29. The average molecular weight is 454 g/mol. The molecule has 0 aliphatic carbocycles. The molecular formula is C26H32ClN3O2. The van der Waals surface area contributed by atoms with Crippen LogP contribution in [0.1, 0.15) is 53.8 Å². The second kappa shape index (κ2) is 8.78. The molecule has 170 valence electrons. The van der Waals surface area contributed by atoms with Crippen molar-refractivity contribution in [3.05, 3.63) is 51.3 Å². The lowest BCUT2D eigenvalue weighted by atomic mass is 9.91. The van der Waals surface area contributed by atoms with E-state index in [4.69, 9.17) is 21.7 Å². The number of carboxylic acid groups (broad SMARTS) is 1. The Morgan fingerprint density at radius 1 is 1.09 bits per heavy atom. The van der Waals surface area contributed by atoms with Gasteiger partial charge in [-0.3, -0.25) is 9.36 Å². The minimum Gasteiger partial charge on any atom is -0.481 e. The minimum atomic E-state index is -0.695. The molecule has 3 heterocycles. The molecule has 1 aliphatic heterocycles. The number of nitrogens with zero attached hydrogens (tertiary/aromatic N) is 3. The quantitative estimate of drug-likeness (QED) is 0.492. The van der Waals surface area contributed by atoms with Crippen LogP contribution in [-0.4, -0.2) is 33.7 Å². The van der Waals surface area contributed by atoms with Crippen molar-refractivity contribution < 1.29 is 9.90 Å². The van der Waals surface area contributed by atoms with Crippen molar-refractivity contribution in [1.82, 2.24) is 9.55 Å². The molecule has 0 unspecified atom stereocenters. The van der Waals surface area contributed by atoms with Crippen LogP contribution in [0.15, 0.2) is 18.2 Å². The third-order valence-corrected chi connectivity index (χ3v) is 7.19. The first-order valence-corrected chi connectivity index (χ1v) is 11.8. The molecule has 1 fully saturated rings. The highest BCUT2D eigenvalue weighted by molar-refractivity contribution is 6.30. The number of aliphatic carboxylic acids is 1. The van der Waals surface area contributed by atoms with Crippen LogP contribution in [-0.2, 0) is 4.79 Å². The van der Waals surface area contributed by atoms with E-state index in [2.05, 4.69) is 50.2 Å². The number of piperidine rings is 1. The fourth-order valence-corrected chi connectivity index (χ4v) is 5.57. The lowest BCUT2D eigenvalue weighted by Gasteiger charge is -2.34. The molecule has 1 saturated heterocycles. The van der Waals surface area contributed by atoms with Crippen LogP contribution in [0, 0.1) is 40.5 Å². The molecule has 32 heavy (non-hydrogen) atoms. The van der Waals surface area contributed by atoms with Crippen LogP contribution >= 0.6 is 11.6 Å². The number of fused-ring (bicyclic) bond motifs is 1. The van der Waals surface area contributed by atoms with E-state index in [1.54, 1.807) is 0 Å². The molecule has 1 aromatic carbocycles. The molecule has 6 heteroatoms. The number of aryl methyl sites for hydroxylation is 4. The molecule has 3 aromatic rings. The van der Waals surface area contributed by atoms with Crippen LogP contribution in [0.3, 0.4) is 0 Å². The first-order valence-electron chi connectivity index (χ1n) is 11.4. The summed E-state index contributed by atoms with van der Waals surface area (Å²) in [6.45, 7) is 12.5. The summed E-state index contributed by atoms with van der Waals surface area (Å²) in [5.41, 5.74) is 9.13. The number of carboxylic acids is 1. The number of hydrogen-bond donors (Lipinski definition) is 1. The molecule has 0 saturated carbocycles. The summed E-state index contributed by atoms with van der Waals surface area (Å²) in [6, 6.07) is 6.24. The number of rotatable bonds is 5. The van der Waals surface area contributed by atoms with Crippen LogP contribution in [0.5, 0.6) is 0 Å². The topological polar surface area (TPSA) is 58.4 Å². The molecule has 0 bridgehead atoms. The van der Waals surface area contributed by atoms with Crippen molar-refractivity contribution in [3.63, 3.8) is 0 Å². The predicted octanol–water partition coefficient (Wildman–Crippen LogP) is 6.30. The summed E-state index contributed by atoms with van der Waals surface area (Å²) in [5.74, 6) is -0.202. The molecule has 0 radical (unpaired) electrons. The van der Waals surface area contributed by atoms with Gasteiger partial charge in [-0.1, -0.05) is 11.6 Å². The number of anilines is 1. The molecule has 1 N–H and O–H groups in total. The molecule has 0 atom stereocenters. The maximum atomic E-state index is 10.9. The van der Waals surface area contributed by atoms with E-state index in [1.165, 1.54) is 22.3 Å². The van der Waals surface area contributed by atoms with Crippen molar-refractivity contribution in [2.24, 2.45) is 5.92 Å². The van der Waals surface area contributed by atoms with Crippen LogP contribution in [0.25, 0.3) is 16.7 Å². The van der Waals surface area contributed by atoms with E-state index < -0.39 is 5.97 Å². The van der Waals surface area contributed by atoms with Gasteiger partial charge in [0.1, 0.15) is 5.65 Å². The third kappa shape index (κ3) is 4.11. The lowest BCUT2D eigenvalue weighted by Crippen LogP contribution is -2.34. The Morgan fingerprint density at radius 3 is 2.31 bits per heavy atom. The largest absolute Gasteiger partial charge is 0.481 e. The maximum absolute atomic E-state index is 10.9. The average Bonchev–Trinajstić information content (AvgIpc) is 2.96. The van der Waals surface area contributed by atoms with Crippen LogP contribution in [0.2, 0.25) is 5.02 Å². The van der Waals surface area contributed by atoms with E-state index in [0.29, 0.717) is 5.92 Å². The Balaban J connectivity index is 1.78. The van der Waals surface area contributed by atoms with E-state index >= 15 is 0 Å². The van der Waals surface area contributed by atoms with Gasteiger partial charge < -0.3 is 10.0 Å². The summed E-state index contributed by atoms with van der Waals surface area (Å²) in [6.07, 6.45) is 3.11. The summed E-state index contributed by atoms with van der Waals surface area (Å²) in [4.78, 5) is 18.4. The smallest absolute Gasteiger partial charge is 0.303 e. The van der Waals surface area contributed by atoms with Gasteiger partial charge in [0, 0.05) is 47.0 Å². The highest BCUT2D eigenvalue weighted by Crippen LogP contribution is 2.38. The molecule has 0 amide bonds. The zero-order chi connectivity index (χ0) is 23.2. The minimum absolute atomic E-state index is 0.268. The van der Waals surface area contributed by atoms with Crippen molar-refractivity contribution >= 4 is 34.3 Å². The number of carbonyl (C=O) groups is 1. The number of halogens is 1. The Morgan fingerprint density at radius 2 is 1.72 bits per heavy atom. The van der Waals surface area contributed by atoms with Gasteiger partial charge >= 0.3 is 5.97 Å². The van der Waals surface area contributed by atoms with E-state index in [9.17, 15) is 4.79 Å². The first-order chi connectivity index (χ1) is 15.2. The van der Waals surface area contributed by atoms with Gasteiger partial charge in [0.15, 0.2) is 0 Å². The Bertz CT molecular complexity index is 1170. The fraction of sp³-hybridized carbons (Fsp3) is 0.462. The van der Waals surface area contributed by atoms with E-state index in [1.807, 2.05) is 12.1 Å². The van der Waals surface area contributed by atoms with Crippen LogP contribution < -0.4 is 4.90 Å². The zero-order valence-electron chi connectivity index (χ0n) is 19.6. The zero-order valence-corrected chi connectivity index (χ0v) is 20.4. The first kappa shape index (κ1) is 22.7. The lowest BCUT2D eigenvalue weighted by molar-refractivity contribution is -0.137. The highest BCUT2D eigenvalue weighted by atomic mass is 35.5. The van der Waals surface area contributed by atoms with Crippen LogP contribution in [0.4, 0.5) is 5.69 Å². The SMILES string of the molecule is Cc1cc(N2CCC(CCC(=O)O)CC2)c2c(C)c(C)n(-c3c(C)cc(Cl)cc3C)c2n1. The van der Waals surface area contributed by atoms with Gasteiger partial charge in [0.05, 0.1) is 5.69 Å². The van der Waals surface area contributed by atoms with Gasteiger partial charge in [-0.25, -0.2) is 4.98 Å². The highest BCUT2D eigenvalue weighted by Gasteiger charge is 2.25. The van der Waals surface area contributed by atoms with E-state index in [0.717, 1.165) is 65.5 Å². The van der Waals surface area contributed by atoms with Gasteiger partial charge in [0.2, 0.25) is 0 Å². The summed E-state index contributed by atoms with van der Waals surface area (Å²) in [5, 5.41) is 11.0. The predicted molar refractivity (Wildman–Crippen MR) is 132 cm³/mol. The van der Waals surface area contributed by atoms with Crippen molar-refractivity contribution in [1.29, 1.82) is 0 Å². The van der Waals surface area contributed by atoms with Crippen molar-refractivity contribution in [3.8, 4) is 5.69 Å². The summed E-state index contributed by atoms with van der Waals surface area (Å²) in [7, 11) is 0. The third-order valence-electron chi connectivity index (χ3n) is 6.97. The number of pyridine rings is 1. The number of benzene rings is 1. The normalized spacial score (nSPS) is 15.0. The Kier molecular flexibility index (Phi) is 6.22. The Labute approximate surface area is 195 Å². The molecule has 5 nitrogen and oxygen atoms in total. The summed E-state index contributed by atoms with van der Waals surface area (Å²) >= 11 is 6.31. The number of hydrogen-bond acceptors (Lipinski definition) is 3. The Hall–Kier alpha value is -2.53. The molecule has 0 spiro atoms. The second-order valence-electron chi connectivity index (χ2n) is 9.28. The second-order valence-corrected chi connectivity index (χ2v) is 9.71. The van der Waals surface area contributed by atoms with E-state index in [-0.39, 0.29) is 6.42 Å². The van der Waals surface area contributed by atoms with Gasteiger partial charge in [-0.15, -0.1) is 0 Å². The molecule has 4 rings (SSSR count). The molecule has 1 aliphatic rings. The standard InChI is InChI=1S/C26H32ClN3O2/c1-15-12-21(27)13-16(2)25(15)30-19(5)18(4)24-22(14-17(3)28-26(24)30)29-10-8-20(9-11-29)6-7-23(31)32/h12-14,20H,6-11H2,1-5H3,(H,31,32). The van der Waals surface area contributed by atoms with Gasteiger partial charge in [0.25, 0.3) is 0 Å². The number of aromatic nitrogens is 2. The van der Waals surface area contributed by atoms with Gasteiger partial charge in [-0.05, 0) is 94.7 Å². The fourth-order valence-electron chi connectivity index (χ4n) is 5.24. The maximum Gasteiger partial charge on any atom is 0.303 e. The van der Waals surface area contributed by atoms with Crippen molar-refractivity contribution in [2.45, 2.75) is 60.3 Å². The van der Waals surface area contributed by atoms with Crippen molar-refractivity contribution in [2.75, 3.05) is 18.0 Å². The molecular weight excluding hydrogens is 422 g/mol.